The summed E-state index contributed by atoms with van der Waals surface area (Å²) >= 11 is 0. The molecular formula is C31H32N8O5. The number of aliphatic carboxylic acids is 1. The highest BCUT2D eigenvalue weighted by molar-refractivity contribution is 5.98. The van der Waals surface area contributed by atoms with Gasteiger partial charge in [0.25, 0.3) is 11.8 Å². The maximum absolute atomic E-state index is 13.8. The first-order valence-electron chi connectivity index (χ1n) is 15.1. The standard InChI is InChI=1S/C31H32N8O5/c1-17-19-3-5-24(31(19)9-7-30(17,8-10-31)29(42)43)36-28(41)22-13-20(35-25-6-11-34-39(22)25)27(40)32-14-18-2-4-23-21(12-18)38-16-33-37-26(38)15-44-23/h2,4,6,11-13,16-17,19,24H,3,5,7-10,14-15H2,1H3,(H,32,40)(H,36,41)(H,42,43)/t17?,19?,24-,30?,31?/m0/s1. The lowest BCUT2D eigenvalue weighted by atomic mass is 9.45. The van der Waals surface area contributed by atoms with Gasteiger partial charge < -0.3 is 20.5 Å². The molecule has 1 aromatic carbocycles. The maximum atomic E-state index is 13.8. The molecule has 0 saturated heterocycles. The molecule has 13 heteroatoms. The number of ether oxygens (including phenoxy) is 1. The lowest BCUT2D eigenvalue weighted by molar-refractivity contribution is -0.175. The van der Waals surface area contributed by atoms with Gasteiger partial charge in [0.15, 0.2) is 11.5 Å². The lowest BCUT2D eigenvalue weighted by Gasteiger charge is -2.59. The number of rotatable bonds is 6. The largest absolute Gasteiger partial charge is 0.483 e. The van der Waals surface area contributed by atoms with E-state index in [0.717, 1.165) is 36.9 Å². The van der Waals surface area contributed by atoms with E-state index in [1.54, 1.807) is 18.6 Å². The molecular weight excluding hydrogens is 564 g/mol. The summed E-state index contributed by atoms with van der Waals surface area (Å²) in [7, 11) is 0. The quantitative estimate of drug-likeness (QED) is 0.303. The van der Waals surface area contributed by atoms with E-state index < -0.39 is 17.3 Å². The zero-order chi connectivity index (χ0) is 30.2. The highest BCUT2D eigenvalue weighted by Crippen LogP contribution is 2.68. The van der Waals surface area contributed by atoms with Crippen LogP contribution in [-0.2, 0) is 17.9 Å². The summed E-state index contributed by atoms with van der Waals surface area (Å²) in [5, 5.41) is 28.6. The Kier molecular flexibility index (Phi) is 5.84. The molecule has 4 fully saturated rings. The third-order valence-electron chi connectivity index (χ3n) is 11.0. The van der Waals surface area contributed by atoms with Gasteiger partial charge in [0.1, 0.15) is 30.1 Å². The molecule has 2 amide bonds. The molecule has 4 aromatic rings. The summed E-state index contributed by atoms with van der Waals surface area (Å²) in [6.45, 7) is 2.66. The molecule has 9 rings (SSSR count). The third-order valence-corrected chi connectivity index (χ3v) is 11.0. The van der Waals surface area contributed by atoms with Crippen LogP contribution in [0.2, 0.25) is 0 Å². The maximum Gasteiger partial charge on any atom is 0.309 e. The van der Waals surface area contributed by atoms with Crippen LogP contribution in [0.5, 0.6) is 5.75 Å². The third kappa shape index (κ3) is 3.80. The Bertz CT molecular complexity index is 1840. The number of carbonyl (C=O) groups is 3. The van der Waals surface area contributed by atoms with Crippen molar-refractivity contribution in [2.75, 3.05) is 0 Å². The van der Waals surface area contributed by atoms with Crippen LogP contribution in [0.15, 0.2) is 42.9 Å². The molecule has 4 aliphatic carbocycles. The van der Waals surface area contributed by atoms with Crippen molar-refractivity contribution >= 4 is 23.4 Å². The van der Waals surface area contributed by atoms with Crippen LogP contribution in [0.25, 0.3) is 11.3 Å². The number of aromatic nitrogens is 6. The fourth-order valence-corrected chi connectivity index (χ4v) is 8.65. The summed E-state index contributed by atoms with van der Waals surface area (Å²) in [6, 6.07) is 8.73. The predicted octanol–water partition coefficient (Wildman–Crippen LogP) is 2.92. The molecule has 3 atom stereocenters. The van der Waals surface area contributed by atoms with E-state index in [-0.39, 0.29) is 47.1 Å². The van der Waals surface area contributed by atoms with Gasteiger partial charge in [0.05, 0.1) is 17.3 Å². The first-order valence-corrected chi connectivity index (χ1v) is 15.1. The number of hydrogen-bond acceptors (Lipinski definition) is 8. The van der Waals surface area contributed by atoms with Crippen LogP contribution >= 0.6 is 0 Å². The molecule has 1 spiro atoms. The zero-order valence-corrected chi connectivity index (χ0v) is 24.2. The minimum Gasteiger partial charge on any atom is -0.483 e. The second kappa shape index (κ2) is 9.60. The first-order chi connectivity index (χ1) is 21.3. The topological polar surface area (TPSA) is 166 Å². The number of benzene rings is 1. The van der Waals surface area contributed by atoms with Crippen LogP contribution < -0.4 is 15.4 Å². The SMILES string of the molecule is CC1C2CC[C@H](NC(=O)c3cc(C(=O)NCc4ccc5c(c4)-n4cnnc4CO5)nc4ccnn34)C23CCC1(C(=O)O)CC3. The molecule has 3 N–H and O–H groups in total. The number of carbonyl (C=O) groups excluding carboxylic acids is 2. The van der Waals surface area contributed by atoms with Crippen molar-refractivity contribution in [3.05, 3.63) is 65.6 Å². The monoisotopic (exact) mass is 596 g/mol. The number of carboxylic acid groups (broad SMARTS) is 1. The highest BCUT2D eigenvalue weighted by Gasteiger charge is 2.66. The Balaban J connectivity index is 1.01. The van der Waals surface area contributed by atoms with E-state index in [4.69, 9.17) is 4.74 Å². The Morgan fingerprint density at radius 2 is 1.93 bits per heavy atom. The van der Waals surface area contributed by atoms with E-state index in [2.05, 4.69) is 37.8 Å². The fraction of sp³-hybridized carbons (Fsp3) is 0.452. The van der Waals surface area contributed by atoms with E-state index in [1.165, 1.54) is 10.6 Å². The molecule has 3 aromatic heterocycles. The Morgan fingerprint density at radius 3 is 2.75 bits per heavy atom. The molecule has 2 bridgehead atoms. The van der Waals surface area contributed by atoms with Gasteiger partial charge in [0, 0.05) is 24.7 Å². The van der Waals surface area contributed by atoms with Gasteiger partial charge in [-0.3, -0.25) is 19.0 Å². The van der Waals surface area contributed by atoms with Gasteiger partial charge in [-0.05, 0) is 73.5 Å². The molecule has 13 nitrogen and oxygen atoms in total. The van der Waals surface area contributed by atoms with Gasteiger partial charge in [-0.25, -0.2) is 9.50 Å². The first kappa shape index (κ1) is 26.8. The van der Waals surface area contributed by atoms with Crippen molar-refractivity contribution in [1.29, 1.82) is 0 Å². The molecule has 5 aliphatic rings. The van der Waals surface area contributed by atoms with Gasteiger partial charge in [0.2, 0.25) is 0 Å². The van der Waals surface area contributed by atoms with Crippen molar-refractivity contribution in [2.45, 2.75) is 64.6 Å². The second-order valence-electron chi connectivity index (χ2n) is 12.7. The molecule has 44 heavy (non-hydrogen) atoms. The fourth-order valence-electron chi connectivity index (χ4n) is 8.65. The minimum absolute atomic E-state index is 0.0650. The van der Waals surface area contributed by atoms with Crippen LogP contribution in [0.1, 0.15) is 77.8 Å². The summed E-state index contributed by atoms with van der Waals surface area (Å²) in [5.41, 5.74) is 1.64. The summed E-state index contributed by atoms with van der Waals surface area (Å²) < 4.78 is 9.06. The molecule has 2 unspecified atom stereocenters. The van der Waals surface area contributed by atoms with Crippen molar-refractivity contribution in [1.82, 2.24) is 40.0 Å². The van der Waals surface area contributed by atoms with Gasteiger partial charge >= 0.3 is 5.97 Å². The van der Waals surface area contributed by atoms with Crippen molar-refractivity contribution in [2.24, 2.45) is 22.7 Å². The van der Waals surface area contributed by atoms with Crippen LogP contribution in [0.3, 0.4) is 0 Å². The molecule has 0 radical (unpaired) electrons. The van der Waals surface area contributed by atoms with Gasteiger partial charge in [-0.1, -0.05) is 13.0 Å². The predicted molar refractivity (Wildman–Crippen MR) is 154 cm³/mol. The van der Waals surface area contributed by atoms with Crippen LogP contribution in [0, 0.1) is 22.7 Å². The Morgan fingerprint density at radius 1 is 1.09 bits per heavy atom. The van der Waals surface area contributed by atoms with E-state index in [9.17, 15) is 19.5 Å². The molecule has 4 heterocycles. The zero-order valence-electron chi connectivity index (χ0n) is 24.2. The highest BCUT2D eigenvalue weighted by atomic mass is 16.5. The number of amides is 2. The number of hydrogen-bond donors (Lipinski definition) is 3. The van der Waals surface area contributed by atoms with Gasteiger partial charge in [-0.2, -0.15) is 5.10 Å². The molecule has 1 aliphatic heterocycles. The average Bonchev–Trinajstić information content (AvgIpc) is 3.79. The van der Waals surface area contributed by atoms with E-state index >= 15 is 0 Å². The minimum atomic E-state index is -0.681. The summed E-state index contributed by atoms with van der Waals surface area (Å²) in [6.07, 6.45) is 7.78. The summed E-state index contributed by atoms with van der Waals surface area (Å²) in [4.78, 5) is 43.9. The number of carboxylic acids is 1. The Labute approximate surface area is 252 Å². The Hall–Kier alpha value is -4.81. The lowest BCUT2D eigenvalue weighted by Crippen LogP contribution is -2.60. The normalized spacial score (nSPS) is 28.1. The molecule has 226 valence electrons. The van der Waals surface area contributed by atoms with Crippen molar-refractivity contribution < 1.29 is 24.2 Å². The molecule has 4 saturated carbocycles. The number of fused-ring (bicyclic) bond motifs is 6. The summed E-state index contributed by atoms with van der Waals surface area (Å²) in [5.74, 6) is 0.329. The van der Waals surface area contributed by atoms with Crippen LogP contribution in [0.4, 0.5) is 0 Å². The smallest absolute Gasteiger partial charge is 0.309 e. The van der Waals surface area contributed by atoms with E-state index in [1.807, 2.05) is 22.8 Å². The van der Waals surface area contributed by atoms with Crippen LogP contribution in [-0.4, -0.2) is 58.3 Å². The van der Waals surface area contributed by atoms with Crippen molar-refractivity contribution in [3.63, 3.8) is 0 Å². The van der Waals surface area contributed by atoms with Gasteiger partial charge in [-0.15, -0.1) is 10.2 Å². The average molecular weight is 597 g/mol. The van der Waals surface area contributed by atoms with Crippen molar-refractivity contribution in [3.8, 4) is 11.4 Å². The van der Waals surface area contributed by atoms with E-state index in [0.29, 0.717) is 36.7 Å². The number of nitrogens with one attached hydrogen (secondary N) is 2. The number of nitrogens with zero attached hydrogens (tertiary/aromatic N) is 6. The second-order valence-corrected chi connectivity index (χ2v) is 12.7.